The summed E-state index contributed by atoms with van der Waals surface area (Å²) in [6, 6.07) is 4.23. The minimum Gasteiger partial charge on any atom is -0.465 e. The van der Waals surface area contributed by atoms with Gasteiger partial charge in [-0.15, -0.1) is 0 Å². The van der Waals surface area contributed by atoms with Gasteiger partial charge in [0.25, 0.3) is 0 Å². The highest BCUT2D eigenvalue weighted by Gasteiger charge is 2.42. The van der Waals surface area contributed by atoms with E-state index < -0.39 is 36.7 Å². The lowest BCUT2D eigenvalue weighted by Gasteiger charge is -2.43. The molecule has 156 valence electrons. The fourth-order valence-electron chi connectivity index (χ4n) is 2.84. The maximum atomic E-state index is 12.6. The number of nitrogens with zero attached hydrogens (tertiary/aromatic N) is 2. The molecule has 2 amide bonds. The van der Waals surface area contributed by atoms with Crippen molar-refractivity contribution in [1.82, 2.24) is 9.80 Å². The Morgan fingerprint density at radius 2 is 1.79 bits per heavy atom. The summed E-state index contributed by atoms with van der Waals surface area (Å²) in [7, 11) is 2.34. The number of rotatable bonds is 8. The van der Waals surface area contributed by atoms with Crippen LogP contribution in [0.2, 0.25) is 10.0 Å². The molecule has 0 spiro atoms. The Bertz CT molecular complexity index is 746. The Morgan fingerprint density at radius 1 is 1.18 bits per heavy atom. The molecule has 0 aliphatic heterocycles. The molecule has 6 nitrogen and oxygen atoms in total. The lowest BCUT2D eigenvalue weighted by atomic mass is 9.83. The number of alkyl halides is 3. The molecule has 0 radical (unpaired) electrons. The molecular weight excluding hydrogens is 424 g/mol. The fraction of sp³-hybridized carbons (Fsp3) is 0.471. The fourth-order valence-corrected chi connectivity index (χ4v) is 3.13. The second kappa shape index (κ2) is 9.47. The molecule has 0 aliphatic carbocycles. The van der Waals surface area contributed by atoms with Crippen molar-refractivity contribution in [2.45, 2.75) is 31.0 Å². The lowest BCUT2D eigenvalue weighted by molar-refractivity contribution is -0.161. The van der Waals surface area contributed by atoms with Gasteiger partial charge >= 0.3 is 12.3 Å². The molecule has 0 aromatic heterocycles. The number of aldehydes is 1. The van der Waals surface area contributed by atoms with Gasteiger partial charge in [-0.05, 0) is 24.1 Å². The van der Waals surface area contributed by atoms with E-state index in [1.165, 1.54) is 25.2 Å². The summed E-state index contributed by atoms with van der Waals surface area (Å²) in [5.74, 6) is -1.23. The van der Waals surface area contributed by atoms with Crippen molar-refractivity contribution >= 4 is 41.5 Å². The van der Waals surface area contributed by atoms with Crippen LogP contribution in [-0.2, 0) is 15.1 Å². The first kappa shape index (κ1) is 24.0. The average molecular weight is 443 g/mol. The topological polar surface area (TPSA) is 77.9 Å². The van der Waals surface area contributed by atoms with Crippen LogP contribution in [-0.4, -0.2) is 60.0 Å². The molecule has 0 saturated carbocycles. The van der Waals surface area contributed by atoms with Crippen LogP contribution in [0.15, 0.2) is 18.2 Å². The molecule has 28 heavy (non-hydrogen) atoms. The van der Waals surface area contributed by atoms with Crippen molar-refractivity contribution in [3.63, 3.8) is 0 Å². The maximum Gasteiger partial charge on any atom is 0.407 e. The largest absolute Gasteiger partial charge is 0.465 e. The summed E-state index contributed by atoms with van der Waals surface area (Å²) in [6.45, 7) is -0.420. The van der Waals surface area contributed by atoms with Crippen LogP contribution in [0.3, 0.4) is 0 Å². The number of amides is 2. The molecule has 0 saturated heterocycles. The first-order valence-electron chi connectivity index (χ1n) is 8.00. The van der Waals surface area contributed by atoms with Crippen LogP contribution >= 0.6 is 23.2 Å². The van der Waals surface area contributed by atoms with Crippen molar-refractivity contribution in [3.05, 3.63) is 33.8 Å². The Labute approximate surface area is 169 Å². The van der Waals surface area contributed by atoms with E-state index >= 15 is 0 Å². The van der Waals surface area contributed by atoms with Crippen molar-refractivity contribution in [3.8, 4) is 0 Å². The van der Waals surface area contributed by atoms with E-state index in [9.17, 15) is 32.7 Å². The third-order valence-electron chi connectivity index (χ3n) is 4.34. The zero-order valence-electron chi connectivity index (χ0n) is 15.1. The van der Waals surface area contributed by atoms with Crippen LogP contribution < -0.4 is 0 Å². The summed E-state index contributed by atoms with van der Waals surface area (Å²) < 4.78 is 37.7. The normalized spacial score (nSPS) is 13.5. The van der Waals surface area contributed by atoms with Crippen molar-refractivity contribution < 1.29 is 32.7 Å². The summed E-state index contributed by atoms with van der Waals surface area (Å²) in [6.07, 6.45) is -7.42. The highest BCUT2D eigenvalue weighted by Crippen LogP contribution is 2.37. The second-order valence-corrected chi connectivity index (χ2v) is 7.06. The second-order valence-electron chi connectivity index (χ2n) is 6.25. The lowest BCUT2D eigenvalue weighted by Crippen LogP contribution is -2.54. The monoisotopic (exact) mass is 442 g/mol. The Hall–Kier alpha value is -2.00. The molecule has 11 heteroatoms. The van der Waals surface area contributed by atoms with Gasteiger partial charge in [0, 0.05) is 27.1 Å². The first-order chi connectivity index (χ1) is 12.8. The third-order valence-corrected chi connectivity index (χ3v) is 5.08. The van der Waals surface area contributed by atoms with E-state index in [4.69, 9.17) is 23.2 Å². The van der Waals surface area contributed by atoms with Crippen LogP contribution in [0.5, 0.6) is 0 Å². The van der Waals surface area contributed by atoms with Crippen molar-refractivity contribution in [1.29, 1.82) is 0 Å². The van der Waals surface area contributed by atoms with E-state index in [-0.39, 0.29) is 22.9 Å². The molecule has 1 aromatic carbocycles. The number of hydrogen-bond acceptors (Lipinski definition) is 3. The molecule has 0 fully saturated rings. The molecule has 0 bridgehead atoms. The quantitative estimate of drug-likeness (QED) is 0.612. The van der Waals surface area contributed by atoms with E-state index in [1.54, 1.807) is 0 Å². The highest BCUT2D eigenvalue weighted by molar-refractivity contribution is 6.42. The predicted molar refractivity (Wildman–Crippen MR) is 97.5 cm³/mol. The Kier molecular flexibility index (Phi) is 8.13. The van der Waals surface area contributed by atoms with Gasteiger partial charge in [-0.2, -0.15) is 13.2 Å². The minimum atomic E-state index is -4.71. The van der Waals surface area contributed by atoms with Crippen molar-refractivity contribution in [2.75, 3.05) is 20.6 Å². The number of carbonyl (C=O) groups is 3. The smallest absolute Gasteiger partial charge is 0.407 e. The summed E-state index contributed by atoms with van der Waals surface area (Å²) in [5.41, 5.74) is -1.22. The van der Waals surface area contributed by atoms with Gasteiger partial charge in [-0.25, -0.2) is 4.79 Å². The van der Waals surface area contributed by atoms with Crippen LogP contribution in [0, 0.1) is 0 Å². The molecule has 1 aromatic rings. The zero-order chi connectivity index (χ0) is 21.7. The third kappa shape index (κ3) is 6.00. The Morgan fingerprint density at radius 3 is 2.25 bits per heavy atom. The summed E-state index contributed by atoms with van der Waals surface area (Å²) >= 11 is 11.9. The van der Waals surface area contributed by atoms with Crippen molar-refractivity contribution in [2.24, 2.45) is 0 Å². The first-order valence-corrected chi connectivity index (χ1v) is 8.76. The summed E-state index contributed by atoms with van der Waals surface area (Å²) in [4.78, 5) is 36.3. The van der Waals surface area contributed by atoms with Gasteiger partial charge in [0.05, 0.1) is 15.6 Å². The van der Waals surface area contributed by atoms with Gasteiger partial charge in [-0.3, -0.25) is 9.69 Å². The number of carbonyl (C=O) groups excluding carboxylic acids is 2. The number of hydrogen-bond donors (Lipinski definition) is 1. The number of carboxylic acid groups (broad SMARTS) is 1. The standard InChI is InChI=1S/C17H19Cl2F3N2O4/c1-23(14(26)9-17(20,21)22)10-16(6-3-7-25,24(2)15(27)28)11-4-5-12(18)13(19)8-11/h4-5,7-8H,3,6,9-10H2,1-2H3,(H,27,28)/t16-/m1/s1. The molecule has 1 atom stereocenters. The van der Waals surface area contributed by atoms with Gasteiger partial charge < -0.3 is 14.8 Å². The molecule has 1 rings (SSSR count). The van der Waals surface area contributed by atoms with E-state index in [1.807, 2.05) is 0 Å². The van der Waals surface area contributed by atoms with Gasteiger partial charge in [0.15, 0.2) is 0 Å². The van der Waals surface area contributed by atoms with Gasteiger partial charge in [-0.1, -0.05) is 29.3 Å². The van der Waals surface area contributed by atoms with Gasteiger partial charge in [0.2, 0.25) is 5.91 Å². The van der Waals surface area contributed by atoms with Crippen LogP contribution in [0.1, 0.15) is 24.8 Å². The van der Waals surface area contributed by atoms with Crippen LogP contribution in [0.25, 0.3) is 0 Å². The molecular formula is C17H19Cl2F3N2O4. The van der Waals surface area contributed by atoms with E-state index in [0.717, 1.165) is 16.8 Å². The minimum absolute atomic E-state index is 0.0824. The maximum absolute atomic E-state index is 12.6. The SMILES string of the molecule is CN(C[C@](CCC=O)(c1ccc(Cl)c(Cl)c1)N(C)C(=O)O)C(=O)CC(F)(F)F. The molecule has 0 aliphatic rings. The molecule has 1 N–H and O–H groups in total. The van der Waals surface area contributed by atoms with E-state index in [2.05, 4.69) is 0 Å². The number of likely N-dealkylation sites (N-methyl/N-ethyl adjacent to an activating group) is 2. The highest BCUT2D eigenvalue weighted by atomic mass is 35.5. The number of halogens is 5. The summed E-state index contributed by atoms with van der Waals surface area (Å²) in [5, 5.41) is 9.82. The Balaban J connectivity index is 3.46. The molecule has 0 unspecified atom stereocenters. The van der Waals surface area contributed by atoms with Crippen LogP contribution in [0.4, 0.5) is 18.0 Å². The predicted octanol–water partition coefficient (Wildman–Crippen LogP) is 4.19. The zero-order valence-corrected chi connectivity index (χ0v) is 16.6. The van der Waals surface area contributed by atoms with E-state index in [0.29, 0.717) is 11.8 Å². The average Bonchev–Trinajstić information content (AvgIpc) is 2.58. The molecule has 0 heterocycles. The van der Waals surface area contributed by atoms with Gasteiger partial charge in [0.1, 0.15) is 12.7 Å². The number of benzene rings is 1.